The van der Waals surface area contributed by atoms with Crippen molar-refractivity contribution in [1.29, 1.82) is 0 Å². The summed E-state index contributed by atoms with van der Waals surface area (Å²) in [5.41, 5.74) is 3.36. The number of nitrogens with one attached hydrogen (secondary N) is 2. The monoisotopic (exact) mass is 322 g/mol. The van der Waals surface area contributed by atoms with Crippen LogP contribution in [0.15, 0.2) is 54.6 Å². The molecule has 0 fully saturated rings. The summed E-state index contributed by atoms with van der Waals surface area (Å²) in [5, 5.41) is 4.17. The maximum atomic E-state index is 12.0. The van der Waals surface area contributed by atoms with Crippen molar-refractivity contribution in [3.05, 3.63) is 65.9 Å². The number of para-hydroxylation sites is 2. The zero-order chi connectivity index (χ0) is 16.8. The Hall–Kier alpha value is -2.75. The number of aryl methyl sites for hydroxylation is 1. The van der Waals surface area contributed by atoms with E-state index in [-0.39, 0.29) is 5.91 Å². The van der Waals surface area contributed by atoms with Crippen LogP contribution in [0.25, 0.3) is 10.9 Å². The van der Waals surface area contributed by atoms with Gasteiger partial charge in [0.25, 0.3) is 0 Å². The molecule has 3 aromatic rings. The second kappa shape index (κ2) is 7.68. The minimum Gasteiger partial charge on any atom is -0.494 e. The Morgan fingerprint density at radius 1 is 1.08 bits per heavy atom. The van der Waals surface area contributed by atoms with E-state index < -0.39 is 0 Å². The van der Waals surface area contributed by atoms with Crippen LogP contribution in [0, 0.1) is 6.92 Å². The number of carbonyl (C=O) groups is 1. The number of benzene rings is 2. The molecule has 0 bridgehead atoms. The molecule has 0 atom stereocenters. The van der Waals surface area contributed by atoms with E-state index in [1.807, 2.05) is 49.4 Å². The van der Waals surface area contributed by atoms with Gasteiger partial charge in [-0.25, -0.2) is 0 Å². The molecule has 0 saturated carbocycles. The Kier molecular flexibility index (Phi) is 5.16. The van der Waals surface area contributed by atoms with Gasteiger partial charge < -0.3 is 15.0 Å². The second-order valence-corrected chi connectivity index (χ2v) is 5.82. The summed E-state index contributed by atoms with van der Waals surface area (Å²) in [4.78, 5) is 15.4. The molecule has 1 aromatic heterocycles. The van der Waals surface area contributed by atoms with E-state index in [9.17, 15) is 4.79 Å². The topological polar surface area (TPSA) is 54.1 Å². The largest absolute Gasteiger partial charge is 0.494 e. The van der Waals surface area contributed by atoms with Crippen molar-refractivity contribution in [2.24, 2.45) is 0 Å². The number of hydrogen-bond acceptors (Lipinski definition) is 2. The van der Waals surface area contributed by atoms with Crippen molar-refractivity contribution < 1.29 is 9.53 Å². The normalized spacial score (nSPS) is 10.7. The van der Waals surface area contributed by atoms with Crippen LogP contribution in [0.3, 0.4) is 0 Å². The van der Waals surface area contributed by atoms with E-state index in [2.05, 4.69) is 22.4 Å². The molecule has 1 heterocycles. The van der Waals surface area contributed by atoms with E-state index in [1.54, 1.807) is 0 Å². The summed E-state index contributed by atoms with van der Waals surface area (Å²) in [6, 6.07) is 17.8. The summed E-state index contributed by atoms with van der Waals surface area (Å²) in [6.45, 7) is 3.13. The highest BCUT2D eigenvalue weighted by atomic mass is 16.5. The van der Waals surface area contributed by atoms with E-state index in [0.717, 1.165) is 22.5 Å². The molecule has 0 aliphatic carbocycles. The van der Waals surface area contributed by atoms with E-state index in [4.69, 9.17) is 4.74 Å². The Morgan fingerprint density at radius 2 is 1.83 bits per heavy atom. The van der Waals surface area contributed by atoms with E-state index in [1.165, 1.54) is 5.39 Å². The predicted octanol–water partition coefficient (Wildman–Crippen LogP) is 3.95. The summed E-state index contributed by atoms with van der Waals surface area (Å²) in [7, 11) is 0. The van der Waals surface area contributed by atoms with Crippen molar-refractivity contribution in [2.45, 2.75) is 26.3 Å². The lowest BCUT2D eigenvalue weighted by atomic mass is 10.1. The van der Waals surface area contributed by atoms with Crippen LogP contribution in [0.2, 0.25) is 0 Å². The molecule has 0 aliphatic rings. The molecule has 24 heavy (non-hydrogen) atoms. The highest BCUT2D eigenvalue weighted by molar-refractivity contribution is 5.85. The van der Waals surface area contributed by atoms with Gasteiger partial charge in [-0.15, -0.1) is 0 Å². The minimum atomic E-state index is 0.0522. The molecule has 124 valence electrons. The van der Waals surface area contributed by atoms with Gasteiger partial charge in [0.2, 0.25) is 5.91 Å². The fraction of sp³-hybridized carbons (Fsp3) is 0.250. The fourth-order valence-corrected chi connectivity index (χ4v) is 2.78. The molecule has 1 amide bonds. The zero-order valence-corrected chi connectivity index (χ0v) is 13.8. The number of fused-ring (bicyclic) bond motifs is 1. The SMILES string of the molecule is Cc1[nH]c2ccccc2c1CNC(=O)CCCOc1ccccc1. The van der Waals surface area contributed by atoms with Gasteiger partial charge in [-0.3, -0.25) is 4.79 Å². The molecular weight excluding hydrogens is 300 g/mol. The standard InChI is InChI=1S/C20H22N2O2/c1-15-18(17-10-5-6-11-19(17)22-15)14-21-20(23)12-7-13-24-16-8-3-2-4-9-16/h2-6,8-11,22H,7,12-14H2,1H3,(H,21,23). The van der Waals surface area contributed by atoms with Gasteiger partial charge in [0.05, 0.1) is 6.61 Å². The third-order valence-corrected chi connectivity index (χ3v) is 4.05. The molecule has 0 spiro atoms. The van der Waals surface area contributed by atoms with Gasteiger partial charge in [-0.1, -0.05) is 36.4 Å². The first-order chi connectivity index (χ1) is 11.7. The number of H-pyrrole nitrogens is 1. The van der Waals surface area contributed by atoms with Crippen LogP contribution >= 0.6 is 0 Å². The van der Waals surface area contributed by atoms with Crippen LogP contribution in [0.1, 0.15) is 24.1 Å². The Morgan fingerprint density at radius 3 is 2.67 bits per heavy atom. The van der Waals surface area contributed by atoms with Crippen LogP contribution in [0.4, 0.5) is 0 Å². The Bertz CT molecular complexity index is 809. The molecule has 3 rings (SSSR count). The third kappa shape index (κ3) is 3.96. The van der Waals surface area contributed by atoms with Gasteiger partial charge in [-0.2, -0.15) is 0 Å². The maximum Gasteiger partial charge on any atom is 0.220 e. The Labute approximate surface area is 141 Å². The number of amides is 1. The fourth-order valence-electron chi connectivity index (χ4n) is 2.78. The van der Waals surface area contributed by atoms with Crippen molar-refractivity contribution in [3.8, 4) is 5.75 Å². The summed E-state index contributed by atoms with van der Waals surface area (Å²) in [6.07, 6.45) is 1.17. The maximum absolute atomic E-state index is 12.0. The zero-order valence-electron chi connectivity index (χ0n) is 13.8. The molecule has 0 radical (unpaired) electrons. The lowest BCUT2D eigenvalue weighted by Gasteiger charge is -2.07. The number of rotatable bonds is 7. The van der Waals surface area contributed by atoms with Gasteiger partial charge >= 0.3 is 0 Å². The second-order valence-electron chi connectivity index (χ2n) is 5.82. The van der Waals surface area contributed by atoms with Crippen LogP contribution in [-0.4, -0.2) is 17.5 Å². The molecule has 4 heteroatoms. The highest BCUT2D eigenvalue weighted by Gasteiger charge is 2.09. The Balaban J connectivity index is 1.44. The predicted molar refractivity (Wildman–Crippen MR) is 96.1 cm³/mol. The first-order valence-electron chi connectivity index (χ1n) is 8.25. The molecule has 2 aromatic carbocycles. The lowest BCUT2D eigenvalue weighted by Crippen LogP contribution is -2.23. The molecular formula is C20H22N2O2. The summed E-state index contributed by atoms with van der Waals surface area (Å²) < 4.78 is 5.60. The van der Waals surface area contributed by atoms with Crippen LogP contribution in [-0.2, 0) is 11.3 Å². The number of hydrogen-bond donors (Lipinski definition) is 2. The smallest absolute Gasteiger partial charge is 0.220 e. The van der Waals surface area contributed by atoms with Crippen molar-refractivity contribution in [3.63, 3.8) is 0 Å². The lowest BCUT2D eigenvalue weighted by molar-refractivity contribution is -0.121. The summed E-state index contributed by atoms with van der Waals surface area (Å²) >= 11 is 0. The average Bonchev–Trinajstić information content (AvgIpc) is 2.93. The van der Waals surface area contributed by atoms with Crippen LogP contribution < -0.4 is 10.1 Å². The number of aromatic nitrogens is 1. The van der Waals surface area contributed by atoms with Crippen molar-refractivity contribution in [2.75, 3.05) is 6.61 Å². The third-order valence-electron chi connectivity index (χ3n) is 4.05. The van der Waals surface area contributed by atoms with Gasteiger partial charge in [0.1, 0.15) is 5.75 Å². The van der Waals surface area contributed by atoms with Crippen LogP contribution in [0.5, 0.6) is 5.75 Å². The highest BCUT2D eigenvalue weighted by Crippen LogP contribution is 2.21. The first-order valence-corrected chi connectivity index (χ1v) is 8.25. The molecule has 0 unspecified atom stereocenters. The van der Waals surface area contributed by atoms with E-state index in [0.29, 0.717) is 26.0 Å². The number of ether oxygens (including phenoxy) is 1. The molecule has 0 saturated heterocycles. The number of aromatic amines is 1. The molecule has 2 N–H and O–H groups in total. The van der Waals surface area contributed by atoms with E-state index >= 15 is 0 Å². The van der Waals surface area contributed by atoms with Crippen molar-refractivity contribution >= 4 is 16.8 Å². The molecule has 4 nitrogen and oxygen atoms in total. The van der Waals surface area contributed by atoms with Gasteiger partial charge in [0, 0.05) is 29.6 Å². The van der Waals surface area contributed by atoms with Gasteiger partial charge in [-0.05, 0) is 37.1 Å². The minimum absolute atomic E-state index is 0.0522. The average molecular weight is 322 g/mol. The first kappa shape index (κ1) is 16.1. The van der Waals surface area contributed by atoms with Gasteiger partial charge in [0.15, 0.2) is 0 Å². The van der Waals surface area contributed by atoms with Crippen molar-refractivity contribution in [1.82, 2.24) is 10.3 Å². The summed E-state index contributed by atoms with van der Waals surface area (Å²) in [5.74, 6) is 0.892. The number of carbonyl (C=O) groups excluding carboxylic acids is 1. The molecule has 0 aliphatic heterocycles. The quantitative estimate of drug-likeness (QED) is 0.647.